The van der Waals surface area contributed by atoms with Crippen LogP contribution in [0.1, 0.15) is 5.56 Å². The van der Waals surface area contributed by atoms with E-state index in [0.717, 1.165) is 15.6 Å². The Balaban J connectivity index is 2.81. The highest BCUT2D eigenvalue weighted by atomic mass is 79.9. The molecule has 2 rings (SSSR count). The number of halogens is 1. The summed E-state index contributed by atoms with van der Waals surface area (Å²) in [4.78, 5) is 8.34. The van der Waals surface area contributed by atoms with E-state index < -0.39 is 0 Å². The van der Waals surface area contributed by atoms with E-state index in [0.29, 0.717) is 5.52 Å². The molecule has 1 heterocycles. The molecule has 14 heavy (non-hydrogen) atoms. The Kier molecular flexibility index (Phi) is 2.41. The number of nitrogens with zero attached hydrogens (tertiary/aromatic N) is 3. The van der Waals surface area contributed by atoms with Gasteiger partial charge >= 0.3 is 0 Å². The maximum Gasteiger partial charge on any atom is 0.103 e. The molecule has 0 radical (unpaired) electrons. The quantitative estimate of drug-likeness (QED) is 0.480. The molecule has 0 fully saturated rings. The van der Waals surface area contributed by atoms with Gasteiger partial charge < -0.3 is 5.21 Å². The fourth-order valence-corrected chi connectivity index (χ4v) is 1.63. The van der Waals surface area contributed by atoms with Crippen molar-refractivity contribution in [3.05, 3.63) is 34.6 Å². The van der Waals surface area contributed by atoms with Gasteiger partial charge in [-0.05, 0) is 28.1 Å². The third-order valence-corrected chi connectivity index (χ3v) is 2.44. The molecule has 70 valence electrons. The van der Waals surface area contributed by atoms with Gasteiger partial charge in [0.25, 0.3) is 0 Å². The number of oxime groups is 1. The van der Waals surface area contributed by atoms with Crippen LogP contribution in [0.2, 0.25) is 0 Å². The van der Waals surface area contributed by atoms with Gasteiger partial charge in [-0.3, -0.25) is 9.97 Å². The molecule has 1 aromatic heterocycles. The predicted molar refractivity (Wildman–Crippen MR) is 56.6 cm³/mol. The highest BCUT2D eigenvalue weighted by Crippen LogP contribution is 2.22. The normalized spacial score (nSPS) is 11.2. The van der Waals surface area contributed by atoms with Gasteiger partial charge in [-0.25, -0.2) is 0 Å². The van der Waals surface area contributed by atoms with Crippen molar-refractivity contribution in [2.45, 2.75) is 0 Å². The van der Waals surface area contributed by atoms with Crippen LogP contribution in [0.5, 0.6) is 0 Å². The molecular formula is C9H6BrN3O. The topological polar surface area (TPSA) is 58.4 Å². The Labute approximate surface area is 88.4 Å². The number of aromatic nitrogens is 2. The Bertz CT molecular complexity index is 498. The van der Waals surface area contributed by atoms with Gasteiger partial charge in [-0.15, -0.1) is 0 Å². The number of benzene rings is 1. The van der Waals surface area contributed by atoms with Gasteiger partial charge in [0.2, 0.25) is 0 Å². The first-order chi connectivity index (χ1) is 6.83. The fourth-order valence-electron chi connectivity index (χ4n) is 1.21. The molecule has 0 unspecified atom stereocenters. The summed E-state index contributed by atoms with van der Waals surface area (Å²) in [5, 5.41) is 11.4. The Morgan fingerprint density at radius 1 is 1.21 bits per heavy atom. The van der Waals surface area contributed by atoms with Crippen LogP contribution in [0.4, 0.5) is 0 Å². The summed E-state index contributed by atoms with van der Waals surface area (Å²) in [7, 11) is 0. The molecule has 0 atom stereocenters. The van der Waals surface area contributed by atoms with Crippen molar-refractivity contribution < 1.29 is 5.21 Å². The van der Waals surface area contributed by atoms with Crippen LogP contribution in [0.25, 0.3) is 11.0 Å². The van der Waals surface area contributed by atoms with Crippen LogP contribution in [0, 0.1) is 0 Å². The molecule has 4 nitrogen and oxygen atoms in total. The maximum absolute atomic E-state index is 8.46. The predicted octanol–water partition coefficient (Wildman–Crippen LogP) is 2.20. The van der Waals surface area contributed by atoms with E-state index in [2.05, 4.69) is 31.1 Å². The average molecular weight is 252 g/mol. The van der Waals surface area contributed by atoms with Crippen LogP contribution in [-0.4, -0.2) is 21.4 Å². The Hall–Kier alpha value is -1.49. The van der Waals surface area contributed by atoms with E-state index in [1.54, 1.807) is 18.5 Å². The SMILES string of the molecule is O/N=C\c1ccc(Br)c2nccnc12. The monoisotopic (exact) mass is 251 g/mol. The Morgan fingerprint density at radius 3 is 2.64 bits per heavy atom. The van der Waals surface area contributed by atoms with Gasteiger partial charge in [-0.1, -0.05) is 5.16 Å². The van der Waals surface area contributed by atoms with Crippen molar-refractivity contribution in [2.75, 3.05) is 0 Å². The van der Waals surface area contributed by atoms with E-state index in [9.17, 15) is 0 Å². The van der Waals surface area contributed by atoms with Gasteiger partial charge in [0.05, 0.1) is 11.7 Å². The van der Waals surface area contributed by atoms with Crippen molar-refractivity contribution in [1.29, 1.82) is 0 Å². The van der Waals surface area contributed by atoms with Crippen LogP contribution in [0.15, 0.2) is 34.2 Å². The first-order valence-corrected chi connectivity index (χ1v) is 4.69. The van der Waals surface area contributed by atoms with Crippen LogP contribution < -0.4 is 0 Å². The summed E-state index contributed by atoms with van der Waals surface area (Å²) in [5.41, 5.74) is 2.20. The van der Waals surface area contributed by atoms with E-state index >= 15 is 0 Å². The molecule has 1 aromatic carbocycles. The molecule has 0 bridgehead atoms. The molecule has 0 aliphatic heterocycles. The minimum Gasteiger partial charge on any atom is -0.411 e. The van der Waals surface area contributed by atoms with Crippen molar-refractivity contribution in [1.82, 2.24) is 9.97 Å². The fraction of sp³-hybridized carbons (Fsp3) is 0. The summed E-state index contributed by atoms with van der Waals surface area (Å²) in [6.07, 6.45) is 4.56. The van der Waals surface area contributed by atoms with E-state index in [1.165, 1.54) is 6.21 Å². The number of rotatable bonds is 1. The van der Waals surface area contributed by atoms with E-state index in [-0.39, 0.29) is 0 Å². The largest absolute Gasteiger partial charge is 0.411 e. The van der Waals surface area contributed by atoms with Gasteiger partial charge in [0, 0.05) is 22.4 Å². The van der Waals surface area contributed by atoms with Crippen molar-refractivity contribution >= 4 is 33.2 Å². The molecule has 0 spiro atoms. The van der Waals surface area contributed by atoms with Crippen LogP contribution >= 0.6 is 15.9 Å². The minimum absolute atomic E-state index is 0.708. The summed E-state index contributed by atoms with van der Waals surface area (Å²) >= 11 is 3.37. The molecule has 0 aliphatic rings. The molecule has 0 aliphatic carbocycles. The second kappa shape index (κ2) is 3.71. The number of hydrogen-bond donors (Lipinski definition) is 1. The average Bonchev–Trinajstić information content (AvgIpc) is 2.23. The van der Waals surface area contributed by atoms with E-state index in [1.807, 2.05) is 6.07 Å². The highest BCUT2D eigenvalue weighted by Gasteiger charge is 2.04. The molecule has 0 amide bonds. The third-order valence-electron chi connectivity index (χ3n) is 1.80. The molecule has 2 aromatic rings. The highest BCUT2D eigenvalue weighted by molar-refractivity contribution is 9.10. The van der Waals surface area contributed by atoms with Crippen molar-refractivity contribution in [2.24, 2.45) is 5.16 Å². The zero-order chi connectivity index (χ0) is 9.97. The third kappa shape index (κ3) is 1.46. The minimum atomic E-state index is 0.708. The molecule has 1 N–H and O–H groups in total. The van der Waals surface area contributed by atoms with E-state index in [4.69, 9.17) is 5.21 Å². The molecule has 0 saturated carbocycles. The summed E-state index contributed by atoms with van der Waals surface area (Å²) in [6.45, 7) is 0. The second-order valence-corrected chi connectivity index (χ2v) is 3.49. The lowest BCUT2D eigenvalue weighted by Crippen LogP contribution is -1.90. The van der Waals surface area contributed by atoms with Gasteiger partial charge in [-0.2, -0.15) is 0 Å². The lowest BCUT2D eigenvalue weighted by Gasteiger charge is -2.00. The second-order valence-electron chi connectivity index (χ2n) is 2.63. The summed E-state index contributed by atoms with van der Waals surface area (Å²) < 4.78 is 0.871. The number of fused-ring (bicyclic) bond motifs is 1. The van der Waals surface area contributed by atoms with Crippen molar-refractivity contribution in [3.8, 4) is 0 Å². The zero-order valence-electron chi connectivity index (χ0n) is 7.05. The van der Waals surface area contributed by atoms with Crippen molar-refractivity contribution in [3.63, 3.8) is 0 Å². The number of hydrogen-bond acceptors (Lipinski definition) is 4. The standard InChI is InChI=1S/C9H6BrN3O/c10-7-2-1-6(5-13-14)8-9(7)12-4-3-11-8/h1-5,14H/b13-5-. The first kappa shape index (κ1) is 9.08. The maximum atomic E-state index is 8.46. The lowest BCUT2D eigenvalue weighted by atomic mass is 10.2. The summed E-state index contributed by atoms with van der Waals surface area (Å²) in [5.74, 6) is 0. The zero-order valence-corrected chi connectivity index (χ0v) is 8.64. The Morgan fingerprint density at radius 2 is 1.93 bits per heavy atom. The first-order valence-electron chi connectivity index (χ1n) is 3.89. The van der Waals surface area contributed by atoms with Crippen LogP contribution in [-0.2, 0) is 0 Å². The van der Waals surface area contributed by atoms with Crippen LogP contribution in [0.3, 0.4) is 0 Å². The molecule has 5 heteroatoms. The lowest BCUT2D eigenvalue weighted by molar-refractivity contribution is 0.322. The molecule has 0 saturated heterocycles. The van der Waals surface area contributed by atoms with Gasteiger partial charge in [0.1, 0.15) is 5.52 Å². The summed E-state index contributed by atoms with van der Waals surface area (Å²) in [6, 6.07) is 3.65. The molecular weight excluding hydrogens is 246 g/mol. The smallest absolute Gasteiger partial charge is 0.103 e. The van der Waals surface area contributed by atoms with Gasteiger partial charge in [0.15, 0.2) is 0 Å².